The minimum atomic E-state index is -0.668. The summed E-state index contributed by atoms with van der Waals surface area (Å²) < 4.78 is 18.6. The van der Waals surface area contributed by atoms with Crippen molar-refractivity contribution in [2.24, 2.45) is 4.99 Å². The van der Waals surface area contributed by atoms with Crippen LogP contribution in [0.25, 0.3) is 6.08 Å². The summed E-state index contributed by atoms with van der Waals surface area (Å²) in [7, 11) is 1.55. The molecule has 0 radical (unpaired) electrons. The highest BCUT2D eigenvalue weighted by molar-refractivity contribution is 7.07. The monoisotopic (exact) mass is 616 g/mol. The first-order valence-electron chi connectivity index (χ1n) is 14.0. The quantitative estimate of drug-likeness (QED) is 0.167. The molecule has 1 atom stereocenters. The molecule has 5 rings (SSSR count). The van der Waals surface area contributed by atoms with Gasteiger partial charge in [-0.05, 0) is 65.4 Å². The van der Waals surface area contributed by atoms with Crippen LogP contribution in [0.3, 0.4) is 0 Å². The number of benzene rings is 3. The number of rotatable bonds is 10. The maximum atomic E-state index is 13.9. The van der Waals surface area contributed by atoms with E-state index in [4.69, 9.17) is 25.8 Å². The smallest absolute Gasteiger partial charge is 0.338 e. The van der Waals surface area contributed by atoms with Gasteiger partial charge in [0, 0.05) is 12.1 Å². The van der Waals surface area contributed by atoms with Gasteiger partial charge in [-0.25, -0.2) is 9.79 Å². The summed E-state index contributed by atoms with van der Waals surface area (Å²) in [5.74, 6) is 0.548. The summed E-state index contributed by atoms with van der Waals surface area (Å²) >= 11 is 7.26. The van der Waals surface area contributed by atoms with E-state index in [2.05, 4.69) is 18.8 Å². The third-order valence-corrected chi connectivity index (χ3v) is 8.41. The second-order valence-electron chi connectivity index (χ2n) is 10.5. The lowest BCUT2D eigenvalue weighted by atomic mass is 9.93. The number of carbonyl (C=O) groups is 1. The molecule has 0 amide bonds. The van der Waals surface area contributed by atoms with E-state index in [0.29, 0.717) is 43.9 Å². The molecule has 7 nitrogen and oxygen atoms in total. The molecule has 43 heavy (non-hydrogen) atoms. The lowest BCUT2D eigenvalue weighted by Crippen LogP contribution is -2.40. The van der Waals surface area contributed by atoms with E-state index in [0.717, 1.165) is 16.7 Å². The standard InChI is InChI=1S/C34H33ClN2O5S/c1-21(2)25-9-11-26(12-10-25)31-30(33(39)41-18-17-40-4)22(3)36-34-37(31)32(38)29(43-34)19-23-7-15-28(16-8-23)42-20-24-5-13-27(35)14-6-24/h5-16,19,21,31H,17-18,20H2,1-4H3. The minimum Gasteiger partial charge on any atom is -0.489 e. The van der Waals surface area contributed by atoms with Crippen LogP contribution in [0.2, 0.25) is 5.02 Å². The van der Waals surface area contributed by atoms with Gasteiger partial charge in [-0.3, -0.25) is 9.36 Å². The first-order chi connectivity index (χ1) is 20.7. The summed E-state index contributed by atoms with van der Waals surface area (Å²) in [5.41, 5.74) is 4.48. The summed E-state index contributed by atoms with van der Waals surface area (Å²) in [6.07, 6.45) is 1.83. The van der Waals surface area contributed by atoms with E-state index >= 15 is 0 Å². The van der Waals surface area contributed by atoms with Crippen molar-refractivity contribution in [1.82, 2.24) is 4.57 Å². The Balaban J connectivity index is 1.48. The predicted octanol–water partition coefficient (Wildman–Crippen LogP) is 5.78. The van der Waals surface area contributed by atoms with Crippen molar-refractivity contribution in [3.05, 3.63) is 131 Å². The first kappa shape index (κ1) is 30.5. The highest BCUT2D eigenvalue weighted by atomic mass is 35.5. The van der Waals surface area contributed by atoms with Gasteiger partial charge in [-0.15, -0.1) is 0 Å². The molecule has 0 saturated heterocycles. The zero-order valence-corrected chi connectivity index (χ0v) is 26.1. The molecule has 0 bridgehead atoms. The van der Waals surface area contributed by atoms with Crippen molar-refractivity contribution in [2.45, 2.75) is 39.3 Å². The van der Waals surface area contributed by atoms with Crippen LogP contribution in [0.4, 0.5) is 0 Å². The summed E-state index contributed by atoms with van der Waals surface area (Å²) in [5, 5.41) is 0.683. The molecule has 9 heteroatoms. The van der Waals surface area contributed by atoms with Gasteiger partial charge in [-0.1, -0.05) is 85.3 Å². The number of halogens is 1. The number of thiazole rings is 1. The van der Waals surface area contributed by atoms with Crippen molar-refractivity contribution >= 4 is 35.0 Å². The SMILES string of the molecule is COCCOC(=O)C1=C(C)N=c2sc(=Cc3ccc(OCc4ccc(Cl)cc4)cc3)c(=O)n2C1c1ccc(C(C)C)cc1. The Kier molecular flexibility index (Phi) is 9.60. The Morgan fingerprint density at radius 3 is 2.37 bits per heavy atom. The van der Waals surface area contributed by atoms with Gasteiger partial charge >= 0.3 is 5.97 Å². The number of hydrogen-bond donors (Lipinski definition) is 0. The van der Waals surface area contributed by atoms with Crippen LogP contribution < -0.4 is 19.6 Å². The molecule has 1 aliphatic heterocycles. The second kappa shape index (κ2) is 13.5. The number of allylic oxidation sites excluding steroid dienone is 1. The highest BCUT2D eigenvalue weighted by Gasteiger charge is 2.33. The Bertz CT molecular complexity index is 1800. The molecular formula is C34H33ClN2O5S. The van der Waals surface area contributed by atoms with Crippen molar-refractivity contribution in [1.29, 1.82) is 0 Å². The molecule has 1 aromatic heterocycles. The molecule has 4 aromatic rings. The van der Waals surface area contributed by atoms with Gasteiger partial charge in [-0.2, -0.15) is 0 Å². The van der Waals surface area contributed by atoms with E-state index in [1.807, 2.05) is 78.9 Å². The van der Waals surface area contributed by atoms with Crippen LogP contribution in [0.5, 0.6) is 5.75 Å². The Hall–Kier alpha value is -3.98. The van der Waals surface area contributed by atoms with E-state index in [9.17, 15) is 9.59 Å². The Morgan fingerprint density at radius 2 is 1.72 bits per heavy atom. The van der Waals surface area contributed by atoms with Crippen molar-refractivity contribution in [3.8, 4) is 5.75 Å². The molecular weight excluding hydrogens is 584 g/mol. The maximum Gasteiger partial charge on any atom is 0.338 e. The lowest BCUT2D eigenvalue weighted by Gasteiger charge is -2.25. The Morgan fingerprint density at radius 1 is 1.02 bits per heavy atom. The predicted molar refractivity (Wildman–Crippen MR) is 169 cm³/mol. The van der Waals surface area contributed by atoms with Crippen LogP contribution in [0.15, 0.2) is 93.9 Å². The first-order valence-corrected chi connectivity index (χ1v) is 15.2. The van der Waals surface area contributed by atoms with Gasteiger partial charge in [0.2, 0.25) is 0 Å². The Labute approximate surface area is 259 Å². The zero-order valence-electron chi connectivity index (χ0n) is 24.5. The number of fused-ring (bicyclic) bond motifs is 1. The number of ether oxygens (including phenoxy) is 3. The number of methoxy groups -OCH3 is 1. The average Bonchev–Trinajstić information content (AvgIpc) is 3.30. The van der Waals surface area contributed by atoms with E-state index in [1.165, 1.54) is 16.9 Å². The van der Waals surface area contributed by atoms with E-state index in [-0.39, 0.29) is 18.8 Å². The fourth-order valence-corrected chi connectivity index (χ4v) is 5.99. The molecule has 0 saturated carbocycles. The summed E-state index contributed by atoms with van der Waals surface area (Å²) in [4.78, 5) is 32.4. The van der Waals surface area contributed by atoms with E-state index in [1.54, 1.807) is 18.6 Å². The van der Waals surface area contributed by atoms with Gasteiger partial charge in [0.15, 0.2) is 4.80 Å². The topological polar surface area (TPSA) is 79.1 Å². The molecule has 0 N–H and O–H groups in total. The van der Waals surface area contributed by atoms with Crippen molar-refractivity contribution in [2.75, 3.05) is 20.3 Å². The third-order valence-electron chi connectivity index (χ3n) is 7.18. The van der Waals surface area contributed by atoms with E-state index < -0.39 is 12.0 Å². The van der Waals surface area contributed by atoms with Crippen LogP contribution in [0.1, 0.15) is 55.0 Å². The molecule has 0 spiro atoms. The molecule has 0 aliphatic carbocycles. The van der Waals surface area contributed by atoms with Crippen LogP contribution in [0, 0.1) is 0 Å². The van der Waals surface area contributed by atoms with Crippen molar-refractivity contribution < 1.29 is 19.0 Å². The lowest BCUT2D eigenvalue weighted by molar-refractivity contribution is -0.140. The zero-order chi connectivity index (χ0) is 30.5. The average molecular weight is 617 g/mol. The number of carbonyl (C=O) groups excluding carboxylic acids is 1. The normalized spacial score (nSPS) is 14.9. The molecule has 1 unspecified atom stereocenters. The largest absolute Gasteiger partial charge is 0.489 e. The third kappa shape index (κ3) is 6.99. The van der Waals surface area contributed by atoms with Crippen LogP contribution in [-0.2, 0) is 20.9 Å². The number of hydrogen-bond acceptors (Lipinski definition) is 7. The molecule has 1 aliphatic rings. The highest BCUT2D eigenvalue weighted by Crippen LogP contribution is 2.31. The number of esters is 1. The molecule has 222 valence electrons. The van der Waals surface area contributed by atoms with Gasteiger partial charge in [0.05, 0.1) is 28.5 Å². The van der Waals surface area contributed by atoms with Gasteiger partial charge in [0.1, 0.15) is 19.0 Å². The minimum absolute atomic E-state index is 0.106. The molecule has 0 fully saturated rings. The summed E-state index contributed by atoms with van der Waals surface area (Å²) in [6.45, 7) is 6.83. The number of nitrogens with zero attached hydrogens (tertiary/aromatic N) is 2. The van der Waals surface area contributed by atoms with Crippen LogP contribution in [-0.4, -0.2) is 30.9 Å². The molecule has 2 heterocycles. The van der Waals surface area contributed by atoms with Crippen molar-refractivity contribution in [3.63, 3.8) is 0 Å². The van der Waals surface area contributed by atoms with Crippen LogP contribution >= 0.6 is 22.9 Å². The fraction of sp³-hybridized carbons (Fsp3) is 0.265. The fourth-order valence-electron chi connectivity index (χ4n) is 4.82. The second-order valence-corrected chi connectivity index (χ2v) is 12.0. The van der Waals surface area contributed by atoms with Gasteiger partial charge < -0.3 is 14.2 Å². The maximum absolute atomic E-state index is 13.9. The number of aromatic nitrogens is 1. The summed E-state index contributed by atoms with van der Waals surface area (Å²) in [6, 6.07) is 22.4. The van der Waals surface area contributed by atoms with Gasteiger partial charge in [0.25, 0.3) is 5.56 Å². The molecule has 3 aromatic carbocycles.